The Morgan fingerprint density at radius 1 is 1.44 bits per heavy atom. The molecule has 0 saturated heterocycles. The van der Waals surface area contributed by atoms with E-state index in [9.17, 15) is 4.79 Å². The van der Waals surface area contributed by atoms with Gasteiger partial charge in [-0.15, -0.1) is 0 Å². The van der Waals surface area contributed by atoms with Crippen LogP contribution < -0.4 is 4.74 Å². The first kappa shape index (κ1) is 12.1. The summed E-state index contributed by atoms with van der Waals surface area (Å²) >= 11 is 0. The van der Waals surface area contributed by atoms with Crippen molar-refractivity contribution in [2.75, 3.05) is 0 Å². The summed E-state index contributed by atoms with van der Waals surface area (Å²) in [6.45, 7) is 3.77. The Morgan fingerprint density at radius 3 is 2.83 bits per heavy atom. The molecule has 4 nitrogen and oxygen atoms in total. The minimum absolute atomic E-state index is 0.0532. The Hall–Kier alpha value is -2.41. The number of aromatic nitrogens is 1. The number of nitrogens with zero attached hydrogens (tertiary/aromatic N) is 2. The molecule has 1 heterocycles. The highest BCUT2D eigenvalue weighted by molar-refractivity contribution is 5.92. The highest BCUT2D eigenvalue weighted by atomic mass is 16.5. The average molecular weight is 240 g/mol. The van der Waals surface area contributed by atoms with Gasteiger partial charge in [0.05, 0.1) is 11.6 Å². The molecule has 0 spiro atoms. The van der Waals surface area contributed by atoms with Gasteiger partial charge in [-0.25, -0.2) is 0 Å². The normalized spacial score (nSPS) is 10.3. The Kier molecular flexibility index (Phi) is 3.24. The maximum Gasteiger partial charge on any atom is 0.150 e. The summed E-state index contributed by atoms with van der Waals surface area (Å²) < 4.78 is 5.67. The van der Waals surface area contributed by atoms with Crippen molar-refractivity contribution in [3.63, 3.8) is 0 Å². The molecule has 1 aromatic heterocycles. The molecule has 0 N–H and O–H groups in total. The maximum atomic E-state index is 10.8. The van der Waals surface area contributed by atoms with E-state index in [1.54, 1.807) is 18.2 Å². The van der Waals surface area contributed by atoms with E-state index in [2.05, 4.69) is 11.1 Å². The summed E-state index contributed by atoms with van der Waals surface area (Å²) in [5.41, 5.74) is 1.61. The quantitative estimate of drug-likeness (QED) is 0.774. The first-order chi connectivity index (χ1) is 8.65. The van der Waals surface area contributed by atoms with Gasteiger partial charge in [-0.2, -0.15) is 5.26 Å². The van der Waals surface area contributed by atoms with Gasteiger partial charge in [-0.05, 0) is 32.0 Å². The molecular formula is C14H12N2O2. The number of aldehydes is 1. The smallest absolute Gasteiger partial charge is 0.150 e. The third-order valence-corrected chi connectivity index (χ3v) is 2.45. The summed E-state index contributed by atoms with van der Waals surface area (Å²) in [7, 11) is 0. The Morgan fingerprint density at radius 2 is 2.22 bits per heavy atom. The zero-order chi connectivity index (χ0) is 13.1. The van der Waals surface area contributed by atoms with Crippen LogP contribution in [0.15, 0.2) is 24.4 Å². The van der Waals surface area contributed by atoms with Crippen LogP contribution in [-0.4, -0.2) is 17.4 Å². The molecule has 0 unspecified atom stereocenters. The Labute approximate surface area is 105 Å². The zero-order valence-electron chi connectivity index (χ0n) is 10.2. The Bertz CT molecular complexity index is 642. The van der Waals surface area contributed by atoms with Crippen molar-refractivity contribution in [2.45, 2.75) is 20.0 Å². The van der Waals surface area contributed by atoms with Crippen molar-refractivity contribution in [1.29, 1.82) is 5.26 Å². The summed E-state index contributed by atoms with van der Waals surface area (Å²) in [5.74, 6) is 0.487. The van der Waals surface area contributed by atoms with Gasteiger partial charge in [0.15, 0.2) is 0 Å². The van der Waals surface area contributed by atoms with Gasteiger partial charge >= 0.3 is 0 Å². The third-order valence-electron chi connectivity index (χ3n) is 2.45. The van der Waals surface area contributed by atoms with E-state index in [1.807, 2.05) is 13.8 Å². The molecule has 0 amide bonds. The summed E-state index contributed by atoms with van der Waals surface area (Å²) in [6.07, 6.45) is 2.20. The van der Waals surface area contributed by atoms with Crippen molar-refractivity contribution >= 4 is 17.2 Å². The van der Waals surface area contributed by atoms with Crippen molar-refractivity contribution in [3.05, 3.63) is 35.5 Å². The minimum Gasteiger partial charge on any atom is -0.489 e. The standard InChI is InChI=1S/C14H12N2O2/c1-9(2)18-14-11(6-15)7-16-13-4-3-10(8-17)5-12(13)14/h3-5,7-9H,1-2H3. The second-order valence-corrected chi connectivity index (χ2v) is 4.17. The van der Waals surface area contributed by atoms with Crippen LogP contribution in [0.2, 0.25) is 0 Å². The topological polar surface area (TPSA) is 63.0 Å². The van der Waals surface area contributed by atoms with Crippen molar-refractivity contribution < 1.29 is 9.53 Å². The van der Waals surface area contributed by atoms with Gasteiger partial charge in [0, 0.05) is 17.1 Å². The maximum absolute atomic E-state index is 10.8. The Balaban J connectivity index is 2.74. The van der Waals surface area contributed by atoms with Crippen LogP contribution in [0.5, 0.6) is 5.75 Å². The number of benzene rings is 1. The fraction of sp³-hybridized carbons (Fsp3) is 0.214. The van der Waals surface area contributed by atoms with Gasteiger partial charge in [0.25, 0.3) is 0 Å². The van der Waals surface area contributed by atoms with Gasteiger partial charge in [-0.3, -0.25) is 9.78 Å². The van der Waals surface area contributed by atoms with Gasteiger partial charge < -0.3 is 4.74 Å². The molecule has 4 heteroatoms. The number of rotatable bonds is 3. The van der Waals surface area contributed by atoms with E-state index in [0.717, 1.165) is 6.29 Å². The number of ether oxygens (including phenoxy) is 1. The van der Waals surface area contributed by atoms with Gasteiger partial charge in [-0.1, -0.05) is 0 Å². The predicted octanol–water partition coefficient (Wildman–Crippen LogP) is 2.71. The number of hydrogen-bond acceptors (Lipinski definition) is 4. The molecule has 0 radical (unpaired) electrons. The first-order valence-corrected chi connectivity index (χ1v) is 5.60. The monoisotopic (exact) mass is 240 g/mol. The molecule has 90 valence electrons. The molecule has 0 atom stereocenters. The highest BCUT2D eigenvalue weighted by Crippen LogP contribution is 2.29. The number of carbonyl (C=O) groups excluding carboxylic acids is 1. The lowest BCUT2D eigenvalue weighted by atomic mass is 10.1. The van der Waals surface area contributed by atoms with Gasteiger partial charge in [0.2, 0.25) is 0 Å². The van der Waals surface area contributed by atoms with E-state index >= 15 is 0 Å². The molecule has 0 aliphatic carbocycles. The van der Waals surface area contributed by atoms with Crippen LogP contribution >= 0.6 is 0 Å². The van der Waals surface area contributed by atoms with E-state index in [4.69, 9.17) is 10.00 Å². The SMILES string of the molecule is CC(C)Oc1c(C#N)cnc2ccc(C=O)cc12. The number of carbonyl (C=O) groups is 1. The second kappa shape index (κ2) is 4.84. The second-order valence-electron chi connectivity index (χ2n) is 4.17. The van der Waals surface area contributed by atoms with E-state index in [0.29, 0.717) is 27.8 Å². The van der Waals surface area contributed by atoms with Crippen LogP contribution in [-0.2, 0) is 0 Å². The number of nitriles is 1. The molecule has 1 aromatic carbocycles. The number of hydrogen-bond donors (Lipinski definition) is 0. The molecular weight excluding hydrogens is 228 g/mol. The molecule has 0 saturated carbocycles. The van der Waals surface area contributed by atoms with Crippen molar-refractivity contribution in [1.82, 2.24) is 4.98 Å². The van der Waals surface area contributed by atoms with Crippen LogP contribution in [0.4, 0.5) is 0 Å². The van der Waals surface area contributed by atoms with Crippen molar-refractivity contribution in [2.24, 2.45) is 0 Å². The molecule has 2 aromatic rings. The largest absolute Gasteiger partial charge is 0.489 e. The van der Waals surface area contributed by atoms with Crippen LogP contribution in [0.1, 0.15) is 29.8 Å². The van der Waals surface area contributed by atoms with Crippen molar-refractivity contribution in [3.8, 4) is 11.8 Å². The van der Waals surface area contributed by atoms with Crippen LogP contribution in [0, 0.1) is 11.3 Å². The molecule has 0 bridgehead atoms. The van der Waals surface area contributed by atoms with Crippen LogP contribution in [0.25, 0.3) is 10.9 Å². The molecule has 18 heavy (non-hydrogen) atoms. The lowest BCUT2D eigenvalue weighted by molar-refractivity contribution is 0.112. The fourth-order valence-electron chi connectivity index (χ4n) is 1.70. The lowest BCUT2D eigenvalue weighted by Crippen LogP contribution is -2.07. The number of fused-ring (bicyclic) bond motifs is 1. The minimum atomic E-state index is -0.0532. The lowest BCUT2D eigenvalue weighted by Gasteiger charge is -2.13. The highest BCUT2D eigenvalue weighted by Gasteiger charge is 2.12. The summed E-state index contributed by atoms with van der Waals surface area (Å²) in [6, 6.07) is 7.17. The fourth-order valence-corrected chi connectivity index (χ4v) is 1.70. The molecule has 0 fully saturated rings. The third kappa shape index (κ3) is 2.16. The van der Waals surface area contributed by atoms with Gasteiger partial charge in [0.1, 0.15) is 23.7 Å². The number of pyridine rings is 1. The summed E-state index contributed by atoms with van der Waals surface area (Å²) in [5, 5.41) is 9.77. The average Bonchev–Trinajstić information content (AvgIpc) is 2.38. The molecule has 0 aliphatic heterocycles. The predicted molar refractivity (Wildman–Crippen MR) is 67.6 cm³/mol. The molecule has 2 rings (SSSR count). The zero-order valence-corrected chi connectivity index (χ0v) is 10.2. The van der Waals surface area contributed by atoms with Crippen LogP contribution in [0.3, 0.4) is 0 Å². The first-order valence-electron chi connectivity index (χ1n) is 5.60. The summed E-state index contributed by atoms with van der Waals surface area (Å²) in [4.78, 5) is 15.0. The van der Waals surface area contributed by atoms with E-state index in [-0.39, 0.29) is 6.10 Å². The van der Waals surface area contributed by atoms with E-state index in [1.165, 1.54) is 6.20 Å². The van der Waals surface area contributed by atoms with E-state index < -0.39 is 0 Å². The molecule has 0 aliphatic rings.